The molecule has 8 nitrogen and oxygen atoms in total. The van der Waals surface area contributed by atoms with Crippen LogP contribution in [-0.4, -0.2) is 88.1 Å². The van der Waals surface area contributed by atoms with Crippen LogP contribution in [0.5, 0.6) is 0 Å². The first kappa shape index (κ1) is 23.0. The van der Waals surface area contributed by atoms with E-state index >= 15 is 0 Å². The first-order chi connectivity index (χ1) is 13.4. The monoisotopic (exact) mass is 430 g/mol. The molecule has 0 aromatic heterocycles. The van der Waals surface area contributed by atoms with Crippen molar-refractivity contribution in [3.8, 4) is 0 Å². The van der Waals surface area contributed by atoms with E-state index in [1.807, 2.05) is 0 Å². The molecule has 0 bridgehead atoms. The highest BCUT2D eigenvalue weighted by Gasteiger charge is 2.31. The summed E-state index contributed by atoms with van der Waals surface area (Å²) in [5, 5.41) is 3.07. The first-order valence-electron chi connectivity index (χ1n) is 9.68. The Bertz CT molecular complexity index is 590. The summed E-state index contributed by atoms with van der Waals surface area (Å²) in [5.74, 6) is 1.81. The molecular weight excluding hydrogens is 400 g/mol. The zero-order valence-corrected chi connectivity index (χ0v) is 18.1. The largest absolute Gasteiger partial charge is 0.333 e. The number of hydrogen-bond donors (Lipinski definition) is 2. The van der Waals surface area contributed by atoms with E-state index in [0.29, 0.717) is 63.1 Å². The van der Waals surface area contributed by atoms with Gasteiger partial charge in [0.25, 0.3) is 0 Å². The van der Waals surface area contributed by atoms with Crippen molar-refractivity contribution in [2.75, 3.05) is 43.8 Å². The Hall–Kier alpha value is -1.26. The summed E-state index contributed by atoms with van der Waals surface area (Å²) in [7, 11) is 0. The predicted octanol–water partition coefficient (Wildman–Crippen LogP) is 0.533. The van der Waals surface area contributed by atoms with E-state index < -0.39 is 0 Å². The smallest absolute Gasteiger partial charge is 0.225 e. The fourth-order valence-electron chi connectivity index (χ4n) is 3.42. The molecule has 2 aliphatic rings. The number of hydrogen-bond acceptors (Lipinski definition) is 7. The first-order valence-corrected chi connectivity index (χ1v) is 11.5. The normalized spacial score (nSPS) is 19.8. The van der Waals surface area contributed by atoms with E-state index in [-0.39, 0.29) is 29.5 Å². The van der Waals surface area contributed by atoms with Gasteiger partial charge in [0.2, 0.25) is 17.7 Å². The van der Waals surface area contributed by atoms with Gasteiger partial charge in [0.05, 0.1) is 26.0 Å². The minimum atomic E-state index is -0.251. The van der Waals surface area contributed by atoms with Crippen LogP contribution >= 0.6 is 24.4 Å². The summed E-state index contributed by atoms with van der Waals surface area (Å²) in [6, 6.07) is -0.251. The lowest BCUT2D eigenvalue weighted by Gasteiger charge is -2.36. The average molecular weight is 431 g/mol. The van der Waals surface area contributed by atoms with Crippen molar-refractivity contribution >= 4 is 47.9 Å². The summed E-state index contributed by atoms with van der Waals surface area (Å²) in [6.45, 7) is 3.40. The van der Waals surface area contributed by atoms with Gasteiger partial charge < -0.3 is 14.7 Å². The van der Waals surface area contributed by atoms with E-state index in [2.05, 4.69) is 17.9 Å². The quantitative estimate of drug-likeness (QED) is 0.410. The van der Waals surface area contributed by atoms with Crippen molar-refractivity contribution in [3.05, 3.63) is 0 Å². The van der Waals surface area contributed by atoms with Crippen molar-refractivity contribution < 1.29 is 19.2 Å². The zero-order chi connectivity index (χ0) is 20.5. The molecule has 10 heteroatoms. The van der Waals surface area contributed by atoms with Gasteiger partial charge in [0, 0.05) is 37.3 Å². The third kappa shape index (κ3) is 6.66. The van der Waals surface area contributed by atoms with Gasteiger partial charge in [-0.15, -0.1) is 0 Å². The third-order valence-corrected chi connectivity index (χ3v) is 6.15. The van der Waals surface area contributed by atoms with Crippen LogP contribution in [0, 0.1) is 0 Å². The maximum atomic E-state index is 12.4. The second kappa shape index (κ2) is 11.7. The lowest BCUT2D eigenvalue weighted by atomic mass is 10.1. The molecular formula is C18H30N4O4S2. The topological polar surface area (TPSA) is 90.0 Å². The number of nitrogens with zero attached hydrogens (tertiary/aromatic N) is 3. The molecule has 2 aliphatic heterocycles. The number of thiol groups is 1. The standard InChI is InChI=1S/C18H30N4O4S2/c1-14(23)15-3-2-7-22(15)18(26)6-10-28-9-5-17(25)21-12-19-11-20(13-21)16(24)4-8-27/h15,19,27H,2-13H2,1H3/t15-/m0/s1. The van der Waals surface area contributed by atoms with Crippen molar-refractivity contribution in [2.24, 2.45) is 0 Å². The summed E-state index contributed by atoms with van der Waals surface area (Å²) in [5.41, 5.74) is 0. The predicted molar refractivity (Wildman–Crippen MR) is 112 cm³/mol. The molecule has 2 fully saturated rings. The average Bonchev–Trinajstić information content (AvgIpc) is 3.18. The van der Waals surface area contributed by atoms with Crippen LogP contribution in [-0.2, 0) is 19.2 Å². The third-order valence-electron chi connectivity index (χ3n) is 4.94. The molecule has 1 atom stereocenters. The van der Waals surface area contributed by atoms with E-state index in [0.717, 1.165) is 12.8 Å². The molecule has 158 valence electrons. The van der Waals surface area contributed by atoms with Gasteiger partial charge in [0.1, 0.15) is 0 Å². The SMILES string of the molecule is CC(=O)[C@@H]1CCCN1C(=O)CCSCCC(=O)N1CNCN(C(=O)CCS)C1. The zero-order valence-electron chi connectivity index (χ0n) is 16.4. The van der Waals surface area contributed by atoms with Gasteiger partial charge in [-0.3, -0.25) is 24.5 Å². The second-order valence-electron chi connectivity index (χ2n) is 7.02. The van der Waals surface area contributed by atoms with E-state index in [1.54, 1.807) is 33.4 Å². The molecule has 2 rings (SSSR count). The van der Waals surface area contributed by atoms with Crippen LogP contribution in [0.4, 0.5) is 0 Å². The summed E-state index contributed by atoms with van der Waals surface area (Å²) >= 11 is 5.64. The molecule has 28 heavy (non-hydrogen) atoms. The Morgan fingerprint density at radius 3 is 2.21 bits per heavy atom. The van der Waals surface area contributed by atoms with Gasteiger partial charge in [-0.2, -0.15) is 24.4 Å². The van der Waals surface area contributed by atoms with Crippen LogP contribution in [0.15, 0.2) is 0 Å². The van der Waals surface area contributed by atoms with Gasteiger partial charge in [-0.05, 0) is 25.5 Å². The number of nitrogens with one attached hydrogen (secondary N) is 1. The van der Waals surface area contributed by atoms with Crippen LogP contribution in [0.1, 0.15) is 39.0 Å². The number of Topliss-reactive ketones (excluding diaryl/α,β-unsaturated/α-hetero) is 1. The Labute approximate surface area is 176 Å². The van der Waals surface area contributed by atoms with Crippen LogP contribution in [0.25, 0.3) is 0 Å². The molecule has 2 saturated heterocycles. The van der Waals surface area contributed by atoms with Crippen LogP contribution in [0.2, 0.25) is 0 Å². The highest BCUT2D eigenvalue weighted by atomic mass is 32.2. The molecule has 1 N–H and O–H groups in total. The minimum absolute atomic E-state index is 0.00844. The molecule has 0 spiro atoms. The van der Waals surface area contributed by atoms with Crippen molar-refractivity contribution in [1.82, 2.24) is 20.0 Å². The molecule has 0 aliphatic carbocycles. The summed E-state index contributed by atoms with van der Waals surface area (Å²) in [6.07, 6.45) is 2.77. The molecule has 0 aromatic carbocycles. The Balaban J connectivity index is 1.63. The summed E-state index contributed by atoms with van der Waals surface area (Å²) < 4.78 is 0. The van der Waals surface area contributed by atoms with E-state index in [9.17, 15) is 19.2 Å². The van der Waals surface area contributed by atoms with Crippen LogP contribution < -0.4 is 5.32 Å². The lowest BCUT2D eigenvalue weighted by Crippen LogP contribution is -2.56. The molecule has 0 aromatic rings. The van der Waals surface area contributed by atoms with Gasteiger partial charge in [0.15, 0.2) is 5.78 Å². The van der Waals surface area contributed by atoms with Gasteiger partial charge in [-0.1, -0.05) is 0 Å². The fraction of sp³-hybridized carbons (Fsp3) is 0.778. The van der Waals surface area contributed by atoms with Gasteiger partial charge in [-0.25, -0.2) is 0 Å². The highest BCUT2D eigenvalue weighted by Crippen LogP contribution is 2.20. The second-order valence-corrected chi connectivity index (χ2v) is 8.69. The Morgan fingerprint density at radius 1 is 1.00 bits per heavy atom. The maximum absolute atomic E-state index is 12.4. The highest BCUT2D eigenvalue weighted by molar-refractivity contribution is 7.99. The molecule has 0 unspecified atom stereocenters. The van der Waals surface area contributed by atoms with Crippen molar-refractivity contribution in [1.29, 1.82) is 0 Å². The number of ketones is 1. The number of carbonyl (C=O) groups is 4. The molecule has 3 amide bonds. The van der Waals surface area contributed by atoms with Crippen molar-refractivity contribution in [3.63, 3.8) is 0 Å². The number of thioether (sulfide) groups is 1. The molecule has 2 heterocycles. The Kier molecular flexibility index (Phi) is 9.60. The fourth-order valence-corrected chi connectivity index (χ4v) is 4.46. The summed E-state index contributed by atoms with van der Waals surface area (Å²) in [4.78, 5) is 53.1. The number of rotatable bonds is 9. The number of amides is 3. The molecule has 0 saturated carbocycles. The lowest BCUT2D eigenvalue weighted by molar-refractivity contribution is -0.143. The number of likely N-dealkylation sites (tertiary alicyclic amines) is 1. The maximum Gasteiger partial charge on any atom is 0.225 e. The Morgan fingerprint density at radius 2 is 1.61 bits per heavy atom. The minimum Gasteiger partial charge on any atom is -0.333 e. The van der Waals surface area contributed by atoms with E-state index in [1.165, 1.54) is 0 Å². The van der Waals surface area contributed by atoms with E-state index in [4.69, 9.17) is 0 Å². The molecule has 0 radical (unpaired) electrons. The van der Waals surface area contributed by atoms with Gasteiger partial charge >= 0.3 is 0 Å². The number of carbonyl (C=O) groups excluding carboxylic acids is 4. The van der Waals surface area contributed by atoms with Crippen molar-refractivity contribution in [2.45, 2.75) is 45.1 Å². The van der Waals surface area contributed by atoms with Crippen LogP contribution in [0.3, 0.4) is 0 Å².